The minimum atomic E-state index is -0.229. The predicted octanol–water partition coefficient (Wildman–Crippen LogP) is 4.28. The molecule has 0 saturated heterocycles. The van der Waals surface area contributed by atoms with Gasteiger partial charge in [-0.05, 0) is 30.3 Å². The Balaban J connectivity index is 1.88. The Morgan fingerprint density at radius 2 is 2.00 bits per heavy atom. The van der Waals surface area contributed by atoms with Gasteiger partial charge in [-0.3, -0.25) is 0 Å². The van der Waals surface area contributed by atoms with Crippen molar-refractivity contribution < 1.29 is 4.39 Å². The van der Waals surface area contributed by atoms with Gasteiger partial charge in [-0.15, -0.1) is 0 Å². The topological polar surface area (TPSA) is 29.9 Å². The van der Waals surface area contributed by atoms with Crippen LogP contribution in [0.2, 0.25) is 5.02 Å². The van der Waals surface area contributed by atoms with E-state index in [0.717, 1.165) is 11.4 Å². The third-order valence-electron chi connectivity index (χ3n) is 3.14. The fourth-order valence-corrected chi connectivity index (χ4v) is 2.27. The number of rotatable bonds is 4. The number of halogens is 2. The van der Waals surface area contributed by atoms with Crippen LogP contribution >= 0.6 is 11.6 Å². The molecule has 5 heteroatoms. The Kier molecular flexibility index (Phi) is 3.88. The van der Waals surface area contributed by atoms with Crippen LogP contribution in [0.5, 0.6) is 0 Å². The highest BCUT2D eigenvalue weighted by Crippen LogP contribution is 2.25. The molecule has 0 saturated carbocycles. The van der Waals surface area contributed by atoms with Gasteiger partial charge in [0.1, 0.15) is 5.82 Å². The summed E-state index contributed by atoms with van der Waals surface area (Å²) >= 11 is 6.05. The van der Waals surface area contributed by atoms with Crippen molar-refractivity contribution in [3.8, 4) is 5.69 Å². The molecule has 3 nitrogen and oxygen atoms in total. The maximum atomic E-state index is 13.7. The summed E-state index contributed by atoms with van der Waals surface area (Å²) in [7, 11) is 0. The van der Waals surface area contributed by atoms with Crippen molar-refractivity contribution >= 4 is 17.3 Å². The van der Waals surface area contributed by atoms with E-state index in [1.54, 1.807) is 35.1 Å². The summed E-state index contributed by atoms with van der Waals surface area (Å²) in [4.78, 5) is 0. The Labute approximate surface area is 127 Å². The summed E-state index contributed by atoms with van der Waals surface area (Å²) in [5.74, 6) is -0.229. The average Bonchev–Trinajstić information content (AvgIpc) is 3.00. The second-order valence-electron chi connectivity index (χ2n) is 4.56. The number of anilines is 1. The molecule has 0 fully saturated rings. The molecule has 0 aliphatic rings. The van der Waals surface area contributed by atoms with Gasteiger partial charge in [0.2, 0.25) is 0 Å². The molecule has 3 rings (SSSR count). The molecule has 1 N–H and O–H groups in total. The molecule has 0 atom stereocenters. The van der Waals surface area contributed by atoms with Gasteiger partial charge in [-0.25, -0.2) is 9.07 Å². The van der Waals surface area contributed by atoms with E-state index in [1.807, 2.05) is 24.4 Å². The molecule has 0 aliphatic heterocycles. The molecule has 0 amide bonds. The fraction of sp³-hybridized carbons (Fsp3) is 0.0625. The first kappa shape index (κ1) is 13.6. The van der Waals surface area contributed by atoms with Crippen molar-refractivity contribution in [2.45, 2.75) is 6.54 Å². The molecule has 1 heterocycles. The van der Waals surface area contributed by atoms with E-state index in [4.69, 9.17) is 11.6 Å². The second kappa shape index (κ2) is 5.97. The Hall–Kier alpha value is -2.33. The average molecular weight is 302 g/mol. The van der Waals surface area contributed by atoms with E-state index in [0.29, 0.717) is 17.1 Å². The lowest BCUT2D eigenvalue weighted by atomic mass is 10.2. The largest absolute Gasteiger partial charge is 0.379 e. The summed E-state index contributed by atoms with van der Waals surface area (Å²) in [6.45, 7) is 0.376. The fourth-order valence-electron chi connectivity index (χ4n) is 2.09. The van der Waals surface area contributed by atoms with E-state index in [1.165, 1.54) is 6.07 Å². The summed E-state index contributed by atoms with van der Waals surface area (Å²) in [5.41, 5.74) is 2.26. The first-order valence-corrected chi connectivity index (χ1v) is 6.89. The SMILES string of the molecule is Fc1ccccc1CNc1cc(Cl)ccc1-n1cccn1. The van der Waals surface area contributed by atoms with Gasteiger partial charge in [-0.2, -0.15) is 5.10 Å². The first-order valence-electron chi connectivity index (χ1n) is 6.51. The van der Waals surface area contributed by atoms with Crippen LogP contribution in [0, 0.1) is 5.82 Å². The van der Waals surface area contributed by atoms with E-state index in [-0.39, 0.29) is 5.82 Å². The molecule has 21 heavy (non-hydrogen) atoms. The van der Waals surface area contributed by atoms with Gasteiger partial charge in [0.15, 0.2) is 0 Å². The molecule has 0 bridgehead atoms. The van der Waals surface area contributed by atoms with Crippen molar-refractivity contribution in [3.63, 3.8) is 0 Å². The van der Waals surface area contributed by atoms with Crippen molar-refractivity contribution in [2.75, 3.05) is 5.32 Å². The van der Waals surface area contributed by atoms with Crippen LogP contribution in [0.3, 0.4) is 0 Å². The lowest BCUT2D eigenvalue weighted by molar-refractivity contribution is 0.613. The van der Waals surface area contributed by atoms with E-state index in [2.05, 4.69) is 10.4 Å². The lowest BCUT2D eigenvalue weighted by Crippen LogP contribution is -2.06. The molecule has 1 aromatic heterocycles. The Morgan fingerprint density at radius 3 is 2.76 bits per heavy atom. The van der Waals surface area contributed by atoms with Gasteiger partial charge < -0.3 is 5.32 Å². The van der Waals surface area contributed by atoms with E-state index >= 15 is 0 Å². The van der Waals surface area contributed by atoms with Crippen LogP contribution < -0.4 is 5.32 Å². The highest BCUT2D eigenvalue weighted by atomic mass is 35.5. The van der Waals surface area contributed by atoms with Gasteiger partial charge in [0.25, 0.3) is 0 Å². The summed E-state index contributed by atoms with van der Waals surface area (Å²) in [6, 6.07) is 14.0. The molecule has 0 unspecified atom stereocenters. The summed E-state index contributed by atoms with van der Waals surface area (Å²) in [5, 5.41) is 8.04. The standard InChI is InChI=1S/C16H13ClFN3/c17-13-6-7-16(21-9-3-8-20-21)15(10-13)19-11-12-4-1-2-5-14(12)18/h1-10,19H,11H2. The second-order valence-corrected chi connectivity index (χ2v) is 4.99. The van der Waals surface area contributed by atoms with Crippen LogP contribution in [0.1, 0.15) is 5.56 Å². The third kappa shape index (κ3) is 3.06. The van der Waals surface area contributed by atoms with Crippen LogP contribution in [0.15, 0.2) is 60.9 Å². The molecule has 2 aromatic carbocycles. The molecule has 0 radical (unpaired) electrons. The van der Waals surface area contributed by atoms with Crippen LogP contribution in [0.25, 0.3) is 5.69 Å². The number of benzene rings is 2. The number of nitrogens with zero attached hydrogens (tertiary/aromatic N) is 2. The van der Waals surface area contributed by atoms with E-state index < -0.39 is 0 Å². The third-order valence-corrected chi connectivity index (χ3v) is 3.37. The molecule has 106 valence electrons. The zero-order chi connectivity index (χ0) is 14.7. The number of hydrogen-bond acceptors (Lipinski definition) is 2. The lowest BCUT2D eigenvalue weighted by Gasteiger charge is -2.13. The summed E-state index contributed by atoms with van der Waals surface area (Å²) in [6.07, 6.45) is 3.55. The van der Waals surface area contributed by atoms with Gasteiger partial charge in [0, 0.05) is 29.5 Å². The smallest absolute Gasteiger partial charge is 0.128 e. The normalized spacial score (nSPS) is 10.6. The van der Waals surface area contributed by atoms with Gasteiger partial charge in [0.05, 0.1) is 11.4 Å². The monoisotopic (exact) mass is 301 g/mol. The highest BCUT2D eigenvalue weighted by molar-refractivity contribution is 6.31. The van der Waals surface area contributed by atoms with Crippen LogP contribution in [-0.4, -0.2) is 9.78 Å². The summed E-state index contributed by atoms with van der Waals surface area (Å²) < 4.78 is 15.4. The maximum Gasteiger partial charge on any atom is 0.128 e. The van der Waals surface area contributed by atoms with Crippen molar-refractivity contribution in [2.24, 2.45) is 0 Å². The van der Waals surface area contributed by atoms with Crippen molar-refractivity contribution in [3.05, 3.63) is 77.3 Å². The Bertz CT molecular complexity index is 741. The maximum absolute atomic E-state index is 13.7. The molecule has 0 aliphatic carbocycles. The van der Waals surface area contributed by atoms with Gasteiger partial charge >= 0.3 is 0 Å². The predicted molar refractivity (Wildman–Crippen MR) is 82.3 cm³/mol. The van der Waals surface area contributed by atoms with Gasteiger partial charge in [-0.1, -0.05) is 29.8 Å². The molecule has 0 spiro atoms. The van der Waals surface area contributed by atoms with Crippen LogP contribution in [0.4, 0.5) is 10.1 Å². The zero-order valence-electron chi connectivity index (χ0n) is 11.1. The number of nitrogens with one attached hydrogen (secondary N) is 1. The molecular formula is C16H13ClFN3. The number of aromatic nitrogens is 2. The molecule has 3 aromatic rings. The molecular weight excluding hydrogens is 289 g/mol. The number of hydrogen-bond donors (Lipinski definition) is 1. The van der Waals surface area contributed by atoms with Crippen LogP contribution in [-0.2, 0) is 6.54 Å². The van der Waals surface area contributed by atoms with Crippen molar-refractivity contribution in [1.82, 2.24) is 9.78 Å². The van der Waals surface area contributed by atoms with E-state index in [9.17, 15) is 4.39 Å². The Morgan fingerprint density at radius 1 is 1.14 bits per heavy atom. The zero-order valence-corrected chi connectivity index (χ0v) is 11.9. The highest BCUT2D eigenvalue weighted by Gasteiger charge is 2.07. The minimum Gasteiger partial charge on any atom is -0.379 e. The minimum absolute atomic E-state index is 0.229. The quantitative estimate of drug-likeness (QED) is 0.779. The van der Waals surface area contributed by atoms with Crippen molar-refractivity contribution in [1.29, 1.82) is 0 Å². The first-order chi connectivity index (χ1) is 10.2.